The molecule has 0 aromatic carbocycles. The van der Waals surface area contributed by atoms with E-state index in [1.807, 2.05) is 0 Å². The fourth-order valence-electron chi connectivity index (χ4n) is 1.80. The van der Waals surface area contributed by atoms with E-state index in [0.29, 0.717) is 32.4 Å². The Morgan fingerprint density at radius 2 is 1.85 bits per heavy atom. The van der Waals surface area contributed by atoms with Gasteiger partial charge in [0.05, 0.1) is 0 Å². The Morgan fingerprint density at radius 1 is 1.15 bits per heavy atom. The molecule has 20 heavy (non-hydrogen) atoms. The van der Waals surface area contributed by atoms with Gasteiger partial charge < -0.3 is 10.6 Å². The van der Waals surface area contributed by atoms with E-state index in [-0.39, 0.29) is 17.5 Å². The minimum absolute atomic E-state index is 0.0368. The van der Waals surface area contributed by atoms with Gasteiger partial charge in [0.25, 0.3) is 0 Å². The highest BCUT2D eigenvalue weighted by Gasteiger charge is 2.38. The molecule has 1 aliphatic heterocycles. The van der Waals surface area contributed by atoms with Gasteiger partial charge in [-0.15, -0.1) is 12.3 Å². The first kappa shape index (κ1) is 16.2. The maximum absolute atomic E-state index is 11.5. The van der Waals surface area contributed by atoms with Gasteiger partial charge in [-0.3, -0.25) is 9.59 Å². The molecule has 0 aromatic rings. The first-order valence-electron chi connectivity index (χ1n) is 7.03. The second kappa shape index (κ2) is 8.31. The first-order chi connectivity index (χ1) is 9.62. The zero-order chi connectivity index (χ0) is 14.8. The summed E-state index contributed by atoms with van der Waals surface area (Å²) in [4.78, 5) is 22.5. The van der Waals surface area contributed by atoms with E-state index in [4.69, 9.17) is 6.42 Å². The summed E-state index contributed by atoms with van der Waals surface area (Å²) in [6, 6.07) is 0. The number of nitrogens with one attached hydrogen (secondary N) is 2. The summed E-state index contributed by atoms with van der Waals surface area (Å²) in [6.07, 6.45) is 9.08. The average molecular weight is 278 g/mol. The molecule has 0 fully saturated rings. The van der Waals surface area contributed by atoms with Gasteiger partial charge in [-0.05, 0) is 12.8 Å². The van der Waals surface area contributed by atoms with Crippen LogP contribution >= 0.6 is 0 Å². The second-order valence-electron chi connectivity index (χ2n) is 4.79. The second-order valence-corrected chi connectivity index (χ2v) is 4.79. The lowest BCUT2D eigenvalue weighted by Crippen LogP contribution is -2.31. The first-order valence-corrected chi connectivity index (χ1v) is 7.03. The van der Waals surface area contributed by atoms with Crippen molar-refractivity contribution in [3.8, 4) is 12.3 Å². The minimum atomic E-state index is -0.272. The van der Waals surface area contributed by atoms with E-state index in [9.17, 15) is 9.59 Å². The zero-order valence-corrected chi connectivity index (χ0v) is 11.9. The third-order valence-corrected chi connectivity index (χ3v) is 3.12. The molecule has 2 amide bonds. The summed E-state index contributed by atoms with van der Waals surface area (Å²) in [7, 11) is 0. The molecule has 0 radical (unpaired) electrons. The summed E-state index contributed by atoms with van der Waals surface area (Å²) in [5.74, 6) is 2.50. The summed E-state index contributed by atoms with van der Waals surface area (Å²) >= 11 is 0. The Labute approximate surface area is 119 Å². The number of hydrogen-bond donors (Lipinski definition) is 2. The molecule has 0 saturated carbocycles. The van der Waals surface area contributed by atoms with Crippen molar-refractivity contribution < 1.29 is 9.59 Å². The van der Waals surface area contributed by atoms with Gasteiger partial charge in [0.2, 0.25) is 11.8 Å². The number of amides is 2. The van der Waals surface area contributed by atoms with Crippen LogP contribution < -0.4 is 10.6 Å². The van der Waals surface area contributed by atoms with E-state index in [2.05, 4.69) is 26.8 Å². The van der Waals surface area contributed by atoms with E-state index in [1.165, 1.54) is 0 Å². The number of nitrogens with zero attached hydrogens (tertiary/aromatic N) is 2. The summed E-state index contributed by atoms with van der Waals surface area (Å²) < 4.78 is 0. The van der Waals surface area contributed by atoms with Gasteiger partial charge in [-0.2, -0.15) is 10.2 Å². The summed E-state index contributed by atoms with van der Waals surface area (Å²) in [5.41, 5.74) is -0.272. The fraction of sp³-hybridized carbons (Fsp3) is 0.714. The van der Waals surface area contributed by atoms with E-state index < -0.39 is 0 Å². The normalized spacial score (nSPS) is 14.4. The Balaban J connectivity index is 2.00. The average Bonchev–Trinajstić information content (AvgIpc) is 3.21. The number of hydrogen-bond acceptors (Lipinski definition) is 4. The molecule has 0 aromatic heterocycles. The van der Waals surface area contributed by atoms with Crippen LogP contribution in [0.3, 0.4) is 0 Å². The van der Waals surface area contributed by atoms with E-state index in [1.54, 1.807) is 6.92 Å². The third-order valence-electron chi connectivity index (χ3n) is 3.12. The number of terminal acetylenes is 1. The van der Waals surface area contributed by atoms with Crippen LogP contribution in [0.4, 0.5) is 0 Å². The molecule has 0 atom stereocenters. The highest BCUT2D eigenvalue weighted by Crippen LogP contribution is 2.37. The molecule has 1 heterocycles. The summed E-state index contributed by atoms with van der Waals surface area (Å²) in [6.45, 7) is 2.76. The standard InChI is InChI=1S/C14H22N4O2/c1-3-5-8-14(17-18-14)9-6-10-15-13(20)7-11-16-12(19)4-2/h1H,4-11H2,2H3,(H,15,20)(H,16,19). The molecule has 110 valence electrons. The topological polar surface area (TPSA) is 82.9 Å². The monoisotopic (exact) mass is 278 g/mol. The molecule has 0 unspecified atom stereocenters. The number of rotatable bonds is 10. The molecule has 0 aliphatic carbocycles. The minimum Gasteiger partial charge on any atom is -0.356 e. The van der Waals surface area contributed by atoms with Crippen molar-refractivity contribution in [2.45, 2.75) is 51.1 Å². The molecule has 0 saturated heterocycles. The fourth-order valence-corrected chi connectivity index (χ4v) is 1.80. The van der Waals surface area contributed by atoms with Gasteiger partial charge in [-0.25, -0.2) is 0 Å². The van der Waals surface area contributed by atoms with Crippen LogP contribution in [0.1, 0.15) is 45.4 Å². The van der Waals surface area contributed by atoms with Gasteiger partial charge in [0.1, 0.15) is 0 Å². The maximum Gasteiger partial charge on any atom is 0.221 e. The zero-order valence-electron chi connectivity index (χ0n) is 11.9. The van der Waals surface area contributed by atoms with Crippen LogP contribution in [0.25, 0.3) is 0 Å². The summed E-state index contributed by atoms with van der Waals surface area (Å²) in [5, 5.41) is 13.6. The molecular formula is C14H22N4O2. The molecule has 0 spiro atoms. The maximum atomic E-state index is 11.5. The molecule has 2 N–H and O–H groups in total. The highest BCUT2D eigenvalue weighted by atomic mass is 16.2. The van der Waals surface area contributed by atoms with Crippen LogP contribution in [-0.2, 0) is 9.59 Å². The van der Waals surface area contributed by atoms with Crippen LogP contribution in [0.2, 0.25) is 0 Å². The molecule has 0 bridgehead atoms. The third kappa shape index (κ3) is 6.32. The lowest BCUT2D eigenvalue weighted by Gasteiger charge is -2.09. The smallest absolute Gasteiger partial charge is 0.221 e. The van der Waals surface area contributed by atoms with E-state index in [0.717, 1.165) is 19.3 Å². The van der Waals surface area contributed by atoms with Crippen molar-refractivity contribution in [1.82, 2.24) is 10.6 Å². The molecular weight excluding hydrogens is 256 g/mol. The molecule has 6 heteroatoms. The van der Waals surface area contributed by atoms with Crippen molar-refractivity contribution in [3.63, 3.8) is 0 Å². The Hall–Kier alpha value is -1.90. The number of carbonyl (C=O) groups is 2. The van der Waals surface area contributed by atoms with Crippen LogP contribution in [0.5, 0.6) is 0 Å². The van der Waals surface area contributed by atoms with Crippen molar-refractivity contribution in [1.29, 1.82) is 0 Å². The van der Waals surface area contributed by atoms with Gasteiger partial charge >= 0.3 is 0 Å². The number of carbonyl (C=O) groups excluding carboxylic acids is 2. The van der Waals surface area contributed by atoms with Crippen molar-refractivity contribution >= 4 is 11.8 Å². The van der Waals surface area contributed by atoms with Crippen LogP contribution in [-0.4, -0.2) is 30.6 Å². The largest absolute Gasteiger partial charge is 0.356 e. The SMILES string of the molecule is C#CCCC1(CCCNC(=O)CCNC(=O)CC)N=N1. The van der Waals surface area contributed by atoms with Gasteiger partial charge in [-0.1, -0.05) is 6.92 Å². The van der Waals surface area contributed by atoms with Crippen molar-refractivity contribution in [2.24, 2.45) is 10.2 Å². The van der Waals surface area contributed by atoms with Crippen LogP contribution in [0, 0.1) is 12.3 Å². The lowest BCUT2D eigenvalue weighted by atomic mass is 10.0. The lowest BCUT2D eigenvalue weighted by molar-refractivity contribution is -0.122. The predicted octanol–water partition coefficient (Wildman–Crippen LogP) is 1.37. The van der Waals surface area contributed by atoms with Crippen LogP contribution in [0.15, 0.2) is 10.2 Å². The van der Waals surface area contributed by atoms with Crippen molar-refractivity contribution in [2.75, 3.05) is 13.1 Å². The Morgan fingerprint density at radius 3 is 2.45 bits per heavy atom. The molecule has 1 rings (SSSR count). The van der Waals surface area contributed by atoms with Crippen molar-refractivity contribution in [3.05, 3.63) is 0 Å². The highest BCUT2D eigenvalue weighted by molar-refractivity contribution is 5.78. The van der Waals surface area contributed by atoms with Gasteiger partial charge in [0, 0.05) is 38.8 Å². The predicted molar refractivity (Wildman–Crippen MR) is 75.8 cm³/mol. The quantitative estimate of drug-likeness (QED) is 0.467. The molecule has 1 aliphatic rings. The molecule has 6 nitrogen and oxygen atoms in total. The van der Waals surface area contributed by atoms with E-state index >= 15 is 0 Å². The Bertz CT molecular complexity index is 406. The van der Waals surface area contributed by atoms with Gasteiger partial charge in [0.15, 0.2) is 5.66 Å². The Kier molecular flexibility index (Phi) is 6.71.